The molecule has 0 bridgehead atoms. The second kappa shape index (κ2) is 14.6. The number of ether oxygens (including phenoxy) is 2. The molecule has 8 rings (SSSR count). The lowest BCUT2D eigenvalue weighted by molar-refractivity contribution is -0.115. The number of aliphatic imine (C=N–C) groups is 1. The van der Waals surface area contributed by atoms with Crippen molar-refractivity contribution in [2.75, 3.05) is 25.1 Å². The Bertz CT molecular complexity index is 2080. The van der Waals surface area contributed by atoms with Crippen LogP contribution in [0.4, 0.5) is 11.4 Å². The zero-order valence-electron chi connectivity index (χ0n) is 28.6. The molecule has 1 N–H and O–H groups in total. The first kappa shape index (κ1) is 33.6. The van der Waals surface area contributed by atoms with Gasteiger partial charge in [0, 0.05) is 30.6 Å². The number of rotatable bonds is 8. The number of carbonyl (C=O) groups is 1. The third kappa shape index (κ3) is 7.04. The van der Waals surface area contributed by atoms with Gasteiger partial charge in [0.1, 0.15) is 6.61 Å². The number of carbonyl (C=O) groups excluding carboxylic acids is 1. The highest BCUT2D eigenvalue weighted by Gasteiger charge is 2.35. The highest BCUT2D eigenvalue weighted by Crippen LogP contribution is 2.50. The third-order valence-corrected chi connectivity index (χ3v) is 11.6. The van der Waals surface area contributed by atoms with Crippen LogP contribution in [-0.2, 0) is 11.4 Å². The van der Waals surface area contributed by atoms with E-state index in [1.54, 1.807) is 7.11 Å². The van der Waals surface area contributed by atoms with Gasteiger partial charge in [-0.1, -0.05) is 90.5 Å². The summed E-state index contributed by atoms with van der Waals surface area (Å²) in [5, 5.41) is 3.61. The number of methoxy groups -OCH3 is 1. The van der Waals surface area contributed by atoms with E-state index in [4.69, 9.17) is 14.5 Å². The fraction of sp³-hybridized carbons (Fsp3) is 0.209. The molecule has 1 amide bonds. The van der Waals surface area contributed by atoms with Crippen LogP contribution in [0.15, 0.2) is 119 Å². The van der Waals surface area contributed by atoms with Crippen LogP contribution in [0.5, 0.6) is 11.5 Å². The number of thioether (sulfide) groups is 1. The first-order valence-corrected chi connectivity index (χ1v) is 19.2. The Morgan fingerprint density at radius 1 is 0.882 bits per heavy atom. The maximum absolute atomic E-state index is 13.3. The van der Waals surface area contributed by atoms with Gasteiger partial charge in [0.25, 0.3) is 5.91 Å². The highest BCUT2D eigenvalue weighted by atomic mass is 127. The Kier molecular flexibility index (Phi) is 9.62. The Morgan fingerprint density at radius 3 is 2.12 bits per heavy atom. The predicted molar refractivity (Wildman–Crippen MR) is 216 cm³/mol. The summed E-state index contributed by atoms with van der Waals surface area (Å²) in [6, 6.07) is 38.4. The molecule has 5 aromatic rings. The number of nitrogens with one attached hydrogen (secondary N) is 1. The number of amides is 1. The van der Waals surface area contributed by atoms with Crippen molar-refractivity contribution >= 4 is 62.9 Å². The number of nitrogens with zero attached hydrogens (tertiary/aromatic N) is 2. The molecule has 0 aliphatic carbocycles. The quantitative estimate of drug-likeness (QED) is 0.125. The summed E-state index contributed by atoms with van der Waals surface area (Å²) in [4.78, 5) is 21.5. The number of amidine groups is 1. The van der Waals surface area contributed by atoms with Crippen molar-refractivity contribution < 1.29 is 14.3 Å². The van der Waals surface area contributed by atoms with Crippen LogP contribution >= 0.6 is 34.4 Å². The monoisotopic (exact) mass is 803 g/mol. The lowest BCUT2D eigenvalue weighted by atomic mass is 9.76. The third-order valence-electron chi connectivity index (χ3n) is 9.93. The molecule has 5 aromatic carbocycles. The van der Waals surface area contributed by atoms with E-state index >= 15 is 0 Å². The highest BCUT2D eigenvalue weighted by molar-refractivity contribution is 14.1. The van der Waals surface area contributed by atoms with E-state index in [-0.39, 0.29) is 17.7 Å². The Hall–Kier alpha value is -4.54. The Labute approximate surface area is 317 Å². The lowest BCUT2D eigenvalue weighted by Crippen LogP contribution is -2.37. The number of benzene rings is 5. The van der Waals surface area contributed by atoms with Crippen LogP contribution in [-0.4, -0.2) is 31.3 Å². The first-order chi connectivity index (χ1) is 24.9. The maximum atomic E-state index is 13.3. The van der Waals surface area contributed by atoms with Gasteiger partial charge in [0.15, 0.2) is 16.7 Å². The van der Waals surface area contributed by atoms with Crippen molar-refractivity contribution in [1.29, 1.82) is 0 Å². The number of hydrogen-bond acceptors (Lipinski definition) is 6. The molecule has 0 aromatic heterocycles. The molecule has 3 heterocycles. The van der Waals surface area contributed by atoms with Crippen LogP contribution in [0.2, 0.25) is 0 Å². The molecule has 1 saturated heterocycles. The molecule has 3 aliphatic rings. The van der Waals surface area contributed by atoms with E-state index in [1.807, 2.05) is 18.2 Å². The number of aryl methyl sites for hydroxylation is 1. The smallest absolute Gasteiger partial charge is 0.264 e. The van der Waals surface area contributed by atoms with Crippen LogP contribution in [0.25, 0.3) is 6.08 Å². The summed E-state index contributed by atoms with van der Waals surface area (Å²) in [6.45, 7) is 4.59. The van der Waals surface area contributed by atoms with Crippen molar-refractivity contribution in [2.45, 2.75) is 38.2 Å². The second-order valence-electron chi connectivity index (χ2n) is 13.3. The summed E-state index contributed by atoms with van der Waals surface area (Å²) < 4.78 is 12.8. The SMILES string of the molecule is COc1cc(/C=C2\SC(=Nc3cc4c5c(c3)[C@@H](c3ccccc3)CCN5CC[C@@H]4c3ccccc3)NC2=O)cc(I)c1OCc1ccc(C)cc1. The van der Waals surface area contributed by atoms with Crippen molar-refractivity contribution in [3.8, 4) is 11.5 Å². The number of anilines is 1. The minimum Gasteiger partial charge on any atom is -0.493 e. The van der Waals surface area contributed by atoms with Crippen LogP contribution < -0.4 is 19.7 Å². The molecule has 1 fully saturated rings. The zero-order chi connectivity index (χ0) is 34.9. The first-order valence-electron chi connectivity index (χ1n) is 17.3. The lowest BCUT2D eigenvalue weighted by Gasteiger charge is -2.43. The summed E-state index contributed by atoms with van der Waals surface area (Å²) in [6.07, 6.45) is 4.01. The van der Waals surface area contributed by atoms with Gasteiger partial charge in [-0.25, -0.2) is 4.99 Å². The fourth-order valence-electron chi connectivity index (χ4n) is 7.46. The largest absolute Gasteiger partial charge is 0.493 e. The molecular formula is C43H38IN3O3S. The van der Waals surface area contributed by atoms with Crippen LogP contribution in [0.1, 0.15) is 63.6 Å². The normalized spacial score (nSPS) is 19.6. The van der Waals surface area contributed by atoms with E-state index in [9.17, 15) is 4.79 Å². The predicted octanol–water partition coefficient (Wildman–Crippen LogP) is 9.96. The summed E-state index contributed by atoms with van der Waals surface area (Å²) >= 11 is 3.63. The van der Waals surface area contributed by atoms with Gasteiger partial charge in [-0.3, -0.25) is 4.79 Å². The molecule has 0 radical (unpaired) electrons. The molecule has 51 heavy (non-hydrogen) atoms. The minimum absolute atomic E-state index is 0.165. The second-order valence-corrected chi connectivity index (χ2v) is 15.4. The molecular weight excluding hydrogens is 765 g/mol. The minimum atomic E-state index is -0.165. The topological polar surface area (TPSA) is 63.2 Å². The van der Waals surface area contributed by atoms with Gasteiger partial charge in [-0.2, -0.15) is 0 Å². The summed E-state index contributed by atoms with van der Waals surface area (Å²) in [5.74, 6) is 1.71. The van der Waals surface area contributed by atoms with Gasteiger partial charge < -0.3 is 19.7 Å². The van der Waals surface area contributed by atoms with Crippen molar-refractivity contribution in [3.05, 3.63) is 157 Å². The average Bonchev–Trinajstić information content (AvgIpc) is 3.49. The van der Waals surface area contributed by atoms with Gasteiger partial charge in [-0.05, 0) is 118 Å². The van der Waals surface area contributed by atoms with Crippen molar-refractivity contribution in [2.24, 2.45) is 4.99 Å². The van der Waals surface area contributed by atoms with E-state index in [0.717, 1.165) is 46.3 Å². The molecule has 256 valence electrons. The van der Waals surface area contributed by atoms with Crippen LogP contribution in [0, 0.1) is 10.5 Å². The van der Waals surface area contributed by atoms with E-state index in [1.165, 1.54) is 45.3 Å². The van der Waals surface area contributed by atoms with E-state index < -0.39 is 0 Å². The number of halogens is 1. The maximum Gasteiger partial charge on any atom is 0.264 e. The Balaban J connectivity index is 1.11. The zero-order valence-corrected chi connectivity index (χ0v) is 31.5. The molecule has 0 unspecified atom stereocenters. The average molecular weight is 804 g/mol. The van der Waals surface area contributed by atoms with Crippen LogP contribution in [0.3, 0.4) is 0 Å². The van der Waals surface area contributed by atoms with Crippen molar-refractivity contribution in [1.82, 2.24) is 5.32 Å². The van der Waals surface area contributed by atoms with Gasteiger partial charge in [0.2, 0.25) is 0 Å². The Morgan fingerprint density at radius 2 is 1.51 bits per heavy atom. The molecule has 3 aliphatic heterocycles. The fourth-order valence-corrected chi connectivity index (χ4v) is 9.08. The van der Waals surface area contributed by atoms with Gasteiger partial charge >= 0.3 is 0 Å². The van der Waals surface area contributed by atoms with Gasteiger partial charge in [0.05, 0.1) is 21.3 Å². The standard InChI is InChI=1S/C43H38IN3O3S/c1-27-13-15-28(16-14-27)26-50-41-37(44)21-29(22-38(41)49-2)23-39-42(48)46-43(51-39)45-32-24-35-33(30-9-5-3-6-10-30)17-19-47-20-18-34(36(25-32)40(35)47)31-11-7-4-8-12-31/h3-16,21-25,33-34H,17-20,26H2,1-2H3,(H,45,46,48)/b39-23-/t33-,34-/m1/s1. The van der Waals surface area contributed by atoms with E-state index in [2.05, 4.69) is 137 Å². The molecule has 0 spiro atoms. The molecule has 6 nitrogen and oxygen atoms in total. The molecule has 8 heteroatoms. The van der Waals surface area contributed by atoms with Crippen molar-refractivity contribution in [3.63, 3.8) is 0 Å². The molecule has 2 atom stereocenters. The summed E-state index contributed by atoms with van der Waals surface area (Å²) in [5.41, 5.74) is 10.7. The van der Waals surface area contributed by atoms with E-state index in [0.29, 0.717) is 28.2 Å². The molecule has 0 saturated carbocycles. The van der Waals surface area contributed by atoms with Gasteiger partial charge in [-0.15, -0.1) is 0 Å². The summed E-state index contributed by atoms with van der Waals surface area (Å²) in [7, 11) is 1.64. The number of hydrogen-bond donors (Lipinski definition) is 1.